The Balaban J connectivity index is 0.000000423. The molecule has 0 aromatic carbocycles. The first-order valence-corrected chi connectivity index (χ1v) is 8.80. The van der Waals surface area contributed by atoms with Gasteiger partial charge in [0.25, 0.3) is 10.1 Å². The second-order valence-corrected chi connectivity index (χ2v) is 6.43. The average molecular weight is 358 g/mol. The molecule has 0 atom stereocenters. The molecule has 1 aliphatic rings. The highest BCUT2D eigenvalue weighted by Crippen LogP contribution is 1.96. The third-order valence-electron chi connectivity index (χ3n) is 2.96. The molecule has 1 fully saturated rings. The molecule has 10 nitrogen and oxygen atoms in total. The molecule has 0 radical (unpaired) electrons. The van der Waals surface area contributed by atoms with Crippen LogP contribution in [0.1, 0.15) is 0 Å². The van der Waals surface area contributed by atoms with E-state index in [1.807, 2.05) is 4.90 Å². The number of rotatable bonds is 9. The van der Waals surface area contributed by atoms with E-state index in [4.69, 9.17) is 24.6 Å². The highest BCUT2D eigenvalue weighted by Gasteiger charge is 2.13. The van der Waals surface area contributed by atoms with Crippen LogP contribution in [-0.2, 0) is 19.6 Å². The molecule has 4 N–H and O–H groups in total. The molecule has 0 spiro atoms. The number of carbonyl (C=O) groups is 1. The Morgan fingerprint density at radius 3 is 2.04 bits per heavy atom. The lowest BCUT2D eigenvalue weighted by molar-refractivity contribution is -0.138. The van der Waals surface area contributed by atoms with Crippen LogP contribution >= 0.6 is 0 Å². The Kier molecular flexibility index (Phi) is 12.1. The number of aliphatic hydroxyl groups excluding tert-OH is 2. The molecule has 0 amide bonds. The Hall–Kier alpha value is -0.820. The number of aliphatic hydroxyl groups is 2. The van der Waals surface area contributed by atoms with Crippen molar-refractivity contribution in [3.8, 4) is 0 Å². The summed E-state index contributed by atoms with van der Waals surface area (Å²) < 4.78 is 34.3. The molecule has 23 heavy (non-hydrogen) atoms. The first kappa shape index (κ1) is 22.2. The molecular weight excluding hydrogens is 332 g/mol. The molecular formula is C12H26N2O8S. The molecule has 1 aliphatic heterocycles. The predicted octanol–water partition coefficient (Wildman–Crippen LogP) is -2.44. The molecule has 138 valence electrons. The zero-order chi connectivity index (χ0) is 17.7. The molecule has 0 aliphatic carbocycles. The van der Waals surface area contributed by atoms with Crippen LogP contribution < -0.4 is 0 Å². The summed E-state index contributed by atoms with van der Waals surface area (Å²) in [6.45, 7) is 3.42. The van der Waals surface area contributed by atoms with E-state index in [-0.39, 0.29) is 38.6 Å². The summed E-state index contributed by atoms with van der Waals surface area (Å²) in [5.41, 5.74) is 0. The van der Waals surface area contributed by atoms with Crippen LogP contribution in [0.25, 0.3) is 0 Å². The van der Waals surface area contributed by atoms with Gasteiger partial charge in [-0.25, -0.2) is 0 Å². The number of hydrogen-bond acceptors (Lipinski definition) is 8. The molecule has 0 unspecified atom stereocenters. The highest BCUT2D eigenvalue weighted by molar-refractivity contribution is 7.85. The molecule has 0 aromatic rings. The fraction of sp³-hybridized carbons (Fsp3) is 0.917. The first-order chi connectivity index (χ1) is 10.8. The zero-order valence-corrected chi connectivity index (χ0v) is 13.8. The van der Waals surface area contributed by atoms with E-state index in [1.54, 1.807) is 0 Å². The van der Waals surface area contributed by atoms with Gasteiger partial charge >= 0.3 is 5.97 Å². The lowest BCUT2D eigenvalue weighted by Gasteiger charge is -2.25. The van der Waals surface area contributed by atoms with Gasteiger partial charge in [-0.05, 0) is 0 Å². The number of morpholine rings is 1. The quantitative estimate of drug-likeness (QED) is 0.328. The molecule has 11 heteroatoms. The summed E-state index contributed by atoms with van der Waals surface area (Å²) in [5, 5.41) is 25.3. The number of nitrogens with zero attached hydrogens (tertiary/aromatic N) is 2. The summed E-state index contributed by atoms with van der Waals surface area (Å²) in [6, 6.07) is 0. The highest BCUT2D eigenvalue weighted by atomic mass is 32.2. The van der Waals surface area contributed by atoms with Gasteiger partial charge in [0.15, 0.2) is 0 Å². The lowest BCUT2D eigenvalue weighted by atomic mass is 10.4. The van der Waals surface area contributed by atoms with Gasteiger partial charge in [0.05, 0.1) is 38.7 Å². The monoisotopic (exact) mass is 358 g/mol. The van der Waals surface area contributed by atoms with Gasteiger partial charge in [-0.3, -0.25) is 19.1 Å². The van der Waals surface area contributed by atoms with E-state index < -0.39 is 16.1 Å². The Morgan fingerprint density at radius 1 is 1.13 bits per heavy atom. The van der Waals surface area contributed by atoms with Crippen molar-refractivity contribution >= 4 is 16.1 Å². The van der Waals surface area contributed by atoms with Crippen molar-refractivity contribution in [1.29, 1.82) is 0 Å². The van der Waals surface area contributed by atoms with E-state index in [0.717, 1.165) is 13.1 Å². The van der Waals surface area contributed by atoms with Gasteiger partial charge < -0.3 is 20.1 Å². The van der Waals surface area contributed by atoms with Crippen LogP contribution in [0.15, 0.2) is 0 Å². The van der Waals surface area contributed by atoms with Crippen LogP contribution in [0.2, 0.25) is 0 Å². The fourth-order valence-electron chi connectivity index (χ4n) is 1.81. The van der Waals surface area contributed by atoms with Crippen molar-refractivity contribution in [2.24, 2.45) is 0 Å². The molecule has 0 saturated carbocycles. The minimum atomic E-state index is -3.81. The van der Waals surface area contributed by atoms with Gasteiger partial charge in [0.2, 0.25) is 0 Å². The molecule has 1 rings (SSSR count). The molecule has 1 heterocycles. The molecule has 1 saturated heterocycles. The Labute approximate surface area is 136 Å². The van der Waals surface area contributed by atoms with Crippen molar-refractivity contribution in [1.82, 2.24) is 9.80 Å². The van der Waals surface area contributed by atoms with Crippen LogP contribution in [0.5, 0.6) is 0 Å². The van der Waals surface area contributed by atoms with Gasteiger partial charge in [-0.1, -0.05) is 0 Å². The smallest absolute Gasteiger partial charge is 0.317 e. The van der Waals surface area contributed by atoms with Crippen molar-refractivity contribution in [2.75, 3.05) is 71.4 Å². The van der Waals surface area contributed by atoms with E-state index in [1.165, 1.54) is 4.90 Å². The van der Waals surface area contributed by atoms with E-state index in [2.05, 4.69) is 0 Å². The van der Waals surface area contributed by atoms with Crippen LogP contribution in [-0.4, -0.2) is 116 Å². The van der Waals surface area contributed by atoms with Crippen LogP contribution in [0.3, 0.4) is 0 Å². The summed E-state index contributed by atoms with van der Waals surface area (Å²) in [5.74, 6) is -1.14. The summed E-state index contributed by atoms with van der Waals surface area (Å²) in [4.78, 5) is 13.6. The van der Waals surface area contributed by atoms with Crippen molar-refractivity contribution in [3.05, 3.63) is 0 Å². The Morgan fingerprint density at radius 2 is 1.65 bits per heavy atom. The summed E-state index contributed by atoms with van der Waals surface area (Å²) >= 11 is 0. The zero-order valence-electron chi connectivity index (χ0n) is 13.0. The molecule has 0 aromatic heterocycles. The third-order valence-corrected chi connectivity index (χ3v) is 3.66. The number of carboxylic acids is 1. The Bertz CT molecular complexity index is 405. The number of hydrogen-bond donors (Lipinski definition) is 4. The summed E-state index contributed by atoms with van der Waals surface area (Å²) in [7, 11) is -3.81. The fourth-order valence-corrected chi connectivity index (χ4v) is 2.30. The minimum absolute atomic E-state index is 0.0900. The van der Waals surface area contributed by atoms with Crippen LogP contribution in [0.4, 0.5) is 0 Å². The number of ether oxygens (including phenoxy) is 1. The number of carboxylic acid groups (broad SMARTS) is 1. The maximum Gasteiger partial charge on any atom is 0.317 e. The van der Waals surface area contributed by atoms with Crippen molar-refractivity contribution < 1.29 is 37.8 Å². The van der Waals surface area contributed by atoms with E-state index in [0.29, 0.717) is 19.8 Å². The third kappa shape index (κ3) is 14.5. The SMILES string of the molecule is O=C(O)CN(CCO)CCO.O=S(=O)(O)CCN1CCOCC1. The second-order valence-electron chi connectivity index (χ2n) is 4.86. The van der Waals surface area contributed by atoms with Gasteiger partial charge in [-0.15, -0.1) is 0 Å². The van der Waals surface area contributed by atoms with Gasteiger partial charge in [0.1, 0.15) is 0 Å². The van der Waals surface area contributed by atoms with Gasteiger partial charge in [0, 0.05) is 32.7 Å². The number of aliphatic carboxylic acids is 1. The van der Waals surface area contributed by atoms with E-state index in [9.17, 15) is 13.2 Å². The molecule has 0 bridgehead atoms. The first-order valence-electron chi connectivity index (χ1n) is 7.19. The standard InChI is InChI=1S/C6H13NO4S.C6H13NO4/c8-12(9,10)6-3-7-1-4-11-5-2-7;8-3-1-7(2-4-9)5-6(10)11/h1-6H2,(H,8,9,10);8-9H,1-5H2,(H,10,11). The van der Waals surface area contributed by atoms with Crippen LogP contribution in [0, 0.1) is 0 Å². The summed E-state index contributed by atoms with van der Waals surface area (Å²) in [6.07, 6.45) is 0. The minimum Gasteiger partial charge on any atom is -0.480 e. The largest absolute Gasteiger partial charge is 0.480 e. The normalized spacial score (nSPS) is 16.0. The maximum atomic E-state index is 10.4. The predicted molar refractivity (Wildman–Crippen MR) is 81.9 cm³/mol. The maximum absolute atomic E-state index is 10.4. The van der Waals surface area contributed by atoms with Crippen molar-refractivity contribution in [2.45, 2.75) is 0 Å². The lowest BCUT2D eigenvalue weighted by Crippen LogP contribution is -2.38. The average Bonchev–Trinajstić information content (AvgIpc) is 2.46. The van der Waals surface area contributed by atoms with Crippen molar-refractivity contribution in [3.63, 3.8) is 0 Å². The van der Waals surface area contributed by atoms with Gasteiger partial charge in [-0.2, -0.15) is 8.42 Å². The van der Waals surface area contributed by atoms with E-state index >= 15 is 0 Å². The second kappa shape index (κ2) is 12.6. The topological polar surface area (TPSA) is 148 Å².